The molecule has 0 atom stereocenters. The third kappa shape index (κ3) is 4.87. The zero-order valence-electron chi connectivity index (χ0n) is 12.1. The predicted molar refractivity (Wildman–Crippen MR) is 88.6 cm³/mol. The quantitative estimate of drug-likeness (QED) is 0.763. The molecule has 0 aliphatic heterocycles. The first-order valence-electron chi connectivity index (χ1n) is 6.67. The van der Waals surface area contributed by atoms with Gasteiger partial charge in [-0.15, -0.1) is 0 Å². The first-order valence-corrected chi connectivity index (χ1v) is 7.43. The number of hydrogen-bond donors (Lipinski definition) is 1. The molecule has 1 aromatic carbocycles. The molecule has 1 aromatic heterocycles. The molecule has 1 N–H and O–H groups in total. The molecule has 0 unspecified atom stereocenters. The van der Waals surface area contributed by atoms with Crippen LogP contribution in [0.1, 0.15) is 12.5 Å². The summed E-state index contributed by atoms with van der Waals surface area (Å²) in [7, 11) is 0. The lowest BCUT2D eigenvalue weighted by molar-refractivity contribution is -0.131. The van der Waals surface area contributed by atoms with Crippen LogP contribution in [-0.4, -0.2) is 22.7 Å². The highest BCUT2D eigenvalue weighted by atomic mass is 35.5. The van der Waals surface area contributed by atoms with Crippen molar-refractivity contribution < 1.29 is 19.4 Å². The Balaban J connectivity index is 2.39. The summed E-state index contributed by atoms with van der Waals surface area (Å²) < 4.78 is 11.0. The molecule has 0 saturated carbocycles. The fraction of sp³-hybridized carbons (Fsp3) is 0.125. The first kappa shape index (κ1) is 17.1. The summed E-state index contributed by atoms with van der Waals surface area (Å²) in [4.78, 5) is 14.9. The fourth-order valence-electron chi connectivity index (χ4n) is 1.69. The highest BCUT2D eigenvalue weighted by Crippen LogP contribution is 2.33. The molecule has 0 amide bonds. The summed E-state index contributed by atoms with van der Waals surface area (Å²) in [6.45, 7) is 2.27. The third-order valence-corrected chi connectivity index (χ3v) is 3.19. The molecule has 0 aliphatic rings. The maximum absolute atomic E-state index is 10.7. The normalized spacial score (nSPS) is 10.7. The van der Waals surface area contributed by atoms with Gasteiger partial charge in [-0.1, -0.05) is 23.2 Å². The van der Waals surface area contributed by atoms with Crippen LogP contribution in [0.25, 0.3) is 6.08 Å². The van der Waals surface area contributed by atoms with Crippen molar-refractivity contribution in [1.29, 1.82) is 0 Å². The lowest BCUT2D eigenvalue weighted by atomic mass is 10.2. The van der Waals surface area contributed by atoms with E-state index in [-0.39, 0.29) is 5.88 Å². The van der Waals surface area contributed by atoms with E-state index >= 15 is 0 Å². The SMILES string of the molecule is CCOc1ccc(C=CC(=O)O)c(Oc2ccc(Cl)cc2Cl)n1. The van der Waals surface area contributed by atoms with Gasteiger partial charge in [-0.05, 0) is 37.3 Å². The number of carbonyl (C=O) groups is 1. The molecule has 23 heavy (non-hydrogen) atoms. The number of carboxylic acids is 1. The Labute approximate surface area is 143 Å². The van der Waals surface area contributed by atoms with Crippen LogP contribution in [0.15, 0.2) is 36.4 Å². The van der Waals surface area contributed by atoms with Gasteiger partial charge in [-0.25, -0.2) is 4.79 Å². The largest absolute Gasteiger partial charge is 0.478 e. The van der Waals surface area contributed by atoms with E-state index in [1.807, 2.05) is 6.92 Å². The summed E-state index contributed by atoms with van der Waals surface area (Å²) in [5.74, 6) is -0.186. The zero-order chi connectivity index (χ0) is 16.8. The Morgan fingerprint density at radius 2 is 2.09 bits per heavy atom. The molecule has 120 valence electrons. The Morgan fingerprint density at radius 1 is 1.30 bits per heavy atom. The van der Waals surface area contributed by atoms with Gasteiger partial charge in [0.05, 0.1) is 11.6 Å². The van der Waals surface area contributed by atoms with Gasteiger partial charge in [0.1, 0.15) is 5.75 Å². The van der Waals surface area contributed by atoms with Gasteiger partial charge in [-0.2, -0.15) is 4.98 Å². The second kappa shape index (κ2) is 7.85. The van der Waals surface area contributed by atoms with E-state index in [4.69, 9.17) is 37.8 Å². The van der Waals surface area contributed by atoms with Crippen molar-refractivity contribution in [2.24, 2.45) is 0 Å². The number of aromatic nitrogens is 1. The average molecular weight is 354 g/mol. The summed E-state index contributed by atoms with van der Waals surface area (Å²) >= 11 is 11.9. The van der Waals surface area contributed by atoms with E-state index in [2.05, 4.69) is 4.98 Å². The van der Waals surface area contributed by atoms with Crippen LogP contribution in [0.5, 0.6) is 17.5 Å². The number of ether oxygens (including phenoxy) is 2. The lowest BCUT2D eigenvalue weighted by Gasteiger charge is -2.11. The summed E-state index contributed by atoms with van der Waals surface area (Å²) in [5, 5.41) is 9.55. The predicted octanol–water partition coefficient (Wildman–Crippen LogP) is 4.68. The molecule has 2 aromatic rings. The van der Waals surface area contributed by atoms with Crippen molar-refractivity contribution in [3.8, 4) is 17.5 Å². The second-order valence-corrected chi connectivity index (χ2v) is 5.17. The van der Waals surface area contributed by atoms with Crippen molar-refractivity contribution in [1.82, 2.24) is 4.98 Å². The maximum Gasteiger partial charge on any atom is 0.328 e. The highest BCUT2D eigenvalue weighted by molar-refractivity contribution is 6.35. The number of nitrogens with zero attached hydrogens (tertiary/aromatic N) is 1. The van der Waals surface area contributed by atoms with Gasteiger partial charge in [-0.3, -0.25) is 0 Å². The highest BCUT2D eigenvalue weighted by Gasteiger charge is 2.10. The minimum atomic E-state index is -1.07. The van der Waals surface area contributed by atoms with Crippen molar-refractivity contribution in [3.63, 3.8) is 0 Å². The molecule has 0 spiro atoms. The number of hydrogen-bond acceptors (Lipinski definition) is 4. The number of rotatable bonds is 6. The van der Waals surface area contributed by atoms with E-state index in [1.165, 1.54) is 12.1 Å². The molecular formula is C16H13Cl2NO4. The van der Waals surface area contributed by atoms with E-state index in [1.54, 1.807) is 24.3 Å². The number of aliphatic carboxylic acids is 1. The molecule has 0 fully saturated rings. The number of carboxylic acid groups (broad SMARTS) is 1. The van der Waals surface area contributed by atoms with Crippen LogP contribution >= 0.6 is 23.2 Å². The minimum Gasteiger partial charge on any atom is -0.478 e. The smallest absolute Gasteiger partial charge is 0.328 e. The average Bonchev–Trinajstić information content (AvgIpc) is 2.49. The molecule has 1 heterocycles. The summed E-state index contributed by atoms with van der Waals surface area (Å²) in [6.07, 6.45) is 2.37. The van der Waals surface area contributed by atoms with Crippen LogP contribution in [0.3, 0.4) is 0 Å². The van der Waals surface area contributed by atoms with Crippen LogP contribution in [-0.2, 0) is 4.79 Å². The molecule has 5 nitrogen and oxygen atoms in total. The fourth-order valence-corrected chi connectivity index (χ4v) is 2.14. The maximum atomic E-state index is 10.7. The molecule has 0 aliphatic carbocycles. The minimum absolute atomic E-state index is 0.178. The summed E-state index contributed by atoms with van der Waals surface area (Å²) in [5.41, 5.74) is 0.474. The van der Waals surface area contributed by atoms with Crippen molar-refractivity contribution in [2.45, 2.75) is 6.92 Å². The first-order chi connectivity index (χ1) is 11.0. The zero-order valence-corrected chi connectivity index (χ0v) is 13.6. The summed E-state index contributed by atoms with van der Waals surface area (Å²) in [6, 6.07) is 8.04. The number of halogens is 2. The van der Waals surface area contributed by atoms with Crippen LogP contribution < -0.4 is 9.47 Å². The van der Waals surface area contributed by atoms with Gasteiger partial charge in [0.25, 0.3) is 0 Å². The van der Waals surface area contributed by atoms with E-state index in [9.17, 15) is 4.79 Å². The molecule has 2 rings (SSSR count). The molecule has 7 heteroatoms. The topological polar surface area (TPSA) is 68.7 Å². The van der Waals surface area contributed by atoms with E-state index < -0.39 is 5.97 Å². The number of pyridine rings is 1. The Kier molecular flexibility index (Phi) is 5.84. The molecule has 0 bridgehead atoms. The third-order valence-electron chi connectivity index (χ3n) is 2.66. The second-order valence-electron chi connectivity index (χ2n) is 4.33. The Morgan fingerprint density at radius 3 is 2.74 bits per heavy atom. The number of benzene rings is 1. The monoisotopic (exact) mass is 353 g/mol. The van der Waals surface area contributed by atoms with Gasteiger partial charge in [0.15, 0.2) is 0 Å². The van der Waals surface area contributed by atoms with Gasteiger partial charge in [0.2, 0.25) is 11.8 Å². The van der Waals surface area contributed by atoms with Crippen molar-refractivity contribution in [2.75, 3.05) is 6.61 Å². The van der Waals surface area contributed by atoms with Crippen LogP contribution in [0, 0.1) is 0 Å². The molecular weight excluding hydrogens is 341 g/mol. The molecule has 0 radical (unpaired) electrons. The molecule has 0 saturated heterocycles. The van der Waals surface area contributed by atoms with Crippen molar-refractivity contribution >= 4 is 35.2 Å². The lowest BCUT2D eigenvalue weighted by Crippen LogP contribution is -1.98. The van der Waals surface area contributed by atoms with Gasteiger partial charge < -0.3 is 14.6 Å². The van der Waals surface area contributed by atoms with E-state index in [0.717, 1.165) is 6.08 Å². The van der Waals surface area contributed by atoms with Crippen LogP contribution in [0.2, 0.25) is 10.0 Å². The Hall–Kier alpha value is -2.24. The van der Waals surface area contributed by atoms with Gasteiger partial charge in [0, 0.05) is 22.7 Å². The Bertz CT molecular complexity index is 747. The van der Waals surface area contributed by atoms with E-state index in [0.29, 0.717) is 33.8 Å². The van der Waals surface area contributed by atoms with Crippen molar-refractivity contribution in [3.05, 3.63) is 52.0 Å². The standard InChI is InChI=1S/C16H13Cl2NO4/c1-2-22-14-7-3-10(4-8-15(20)21)16(19-14)23-13-6-5-11(17)9-12(13)18/h3-9H,2H2,1H3,(H,20,21). The van der Waals surface area contributed by atoms with Crippen LogP contribution in [0.4, 0.5) is 0 Å². The van der Waals surface area contributed by atoms with Gasteiger partial charge >= 0.3 is 5.97 Å².